The summed E-state index contributed by atoms with van der Waals surface area (Å²) in [4.78, 5) is 8.08. The van der Waals surface area contributed by atoms with Crippen molar-refractivity contribution in [2.24, 2.45) is 11.8 Å². The van der Waals surface area contributed by atoms with Gasteiger partial charge in [0, 0.05) is 12.7 Å². The Balaban J connectivity index is 1.96. The van der Waals surface area contributed by atoms with E-state index in [1.807, 2.05) is 0 Å². The lowest BCUT2D eigenvalue weighted by atomic mass is 9.98. The number of hydrogen-bond donors (Lipinski definition) is 2. The van der Waals surface area contributed by atoms with Gasteiger partial charge in [0.05, 0.1) is 4.47 Å². The highest BCUT2D eigenvalue weighted by Gasteiger charge is 2.23. The van der Waals surface area contributed by atoms with Crippen LogP contribution in [0.4, 0.5) is 11.8 Å². The molecule has 88 valence electrons. The maximum absolute atomic E-state index is 5.56. The zero-order valence-electron chi connectivity index (χ0n) is 9.41. The van der Waals surface area contributed by atoms with Gasteiger partial charge in [-0.15, -0.1) is 0 Å². The smallest absolute Gasteiger partial charge is 0.221 e. The lowest BCUT2D eigenvalue weighted by Crippen LogP contribution is -2.17. The molecule has 2 rings (SSSR count). The summed E-state index contributed by atoms with van der Waals surface area (Å²) in [5.74, 6) is 2.67. The summed E-state index contributed by atoms with van der Waals surface area (Å²) < 4.78 is 0.868. The highest BCUT2D eigenvalue weighted by atomic mass is 79.9. The second kappa shape index (κ2) is 4.99. The molecule has 0 radical (unpaired) electrons. The van der Waals surface area contributed by atoms with E-state index in [0.717, 1.165) is 28.7 Å². The average Bonchev–Trinajstić information content (AvgIpc) is 2.66. The third-order valence-electron chi connectivity index (χ3n) is 3.33. The molecule has 2 unspecified atom stereocenters. The van der Waals surface area contributed by atoms with E-state index in [1.165, 1.54) is 19.3 Å². The Hall–Kier alpha value is -0.840. The van der Waals surface area contributed by atoms with E-state index in [4.69, 9.17) is 5.73 Å². The van der Waals surface area contributed by atoms with Crippen LogP contribution in [0.25, 0.3) is 0 Å². The summed E-state index contributed by atoms with van der Waals surface area (Å²) in [5, 5.41) is 3.35. The summed E-state index contributed by atoms with van der Waals surface area (Å²) in [7, 11) is 0. The van der Waals surface area contributed by atoms with Crippen LogP contribution in [0.15, 0.2) is 10.7 Å². The van der Waals surface area contributed by atoms with Crippen LogP contribution in [0.5, 0.6) is 0 Å². The average molecular weight is 285 g/mol. The van der Waals surface area contributed by atoms with Gasteiger partial charge >= 0.3 is 0 Å². The molecule has 1 aliphatic carbocycles. The third kappa shape index (κ3) is 2.64. The van der Waals surface area contributed by atoms with Gasteiger partial charge in [0.1, 0.15) is 5.82 Å². The van der Waals surface area contributed by atoms with Crippen molar-refractivity contribution in [2.75, 3.05) is 17.6 Å². The first kappa shape index (κ1) is 11.6. The van der Waals surface area contributed by atoms with Crippen LogP contribution in [0.3, 0.4) is 0 Å². The molecule has 2 atom stereocenters. The third-order valence-corrected chi connectivity index (χ3v) is 3.91. The number of hydrogen-bond acceptors (Lipinski definition) is 4. The number of aromatic nitrogens is 2. The monoisotopic (exact) mass is 284 g/mol. The predicted molar refractivity (Wildman–Crippen MR) is 69.1 cm³/mol. The van der Waals surface area contributed by atoms with Gasteiger partial charge in [-0.25, -0.2) is 4.98 Å². The topological polar surface area (TPSA) is 63.8 Å². The molecule has 0 bridgehead atoms. The van der Waals surface area contributed by atoms with Crippen LogP contribution in [-0.4, -0.2) is 16.5 Å². The summed E-state index contributed by atoms with van der Waals surface area (Å²) in [5.41, 5.74) is 5.56. The molecule has 1 aromatic heterocycles. The van der Waals surface area contributed by atoms with Crippen molar-refractivity contribution >= 4 is 27.7 Å². The van der Waals surface area contributed by atoms with E-state index in [2.05, 4.69) is 38.1 Å². The molecule has 1 aliphatic rings. The van der Waals surface area contributed by atoms with Gasteiger partial charge < -0.3 is 11.1 Å². The molecule has 0 aliphatic heterocycles. The van der Waals surface area contributed by atoms with E-state index >= 15 is 0 Å². The van der Waals surface area contributed by atoms with Crippen molar-refractivity contribution in [1.82, 2.24) is 9.97 Å². The van der Waals surface area contributed by atoms with Crippen LogP contribution in [0.1, 0.15) is 26.2 Å². The fraction of sp³-hybridized carbons (Fsp3) is 0.636. The van der Waals surface area contributed by atoms with E-state index < -0.39 is 0 Å². The van der Waals surface area contributed by atoms with Gasteiger partial charge in [0.25, 0.3) is 0 Å². The highest BCUT2D eigenvalue weighted by molar-refractivity contribution is 9.10. The van der Waals surface area contributed by atoms with Crippen LogP contribution in [-0.2, 0) is 0 Å². The Morgan fingerprint density at radius 1 is 1.56 bits per heavy atom. The molecule has 4 nitrogen and oxygen atoms in total. The minimum Gasteiger partial charge on any atom is -0.369 e. The largest absolute Gasteiger partial charge is 0.369 e. The first-order valence-corrected chi connectivity index (χ1v) is 6.48. The van der Waals surface area contributed by atoms with Gasteiger partial charge in [0.2, 0.25) is 5.95 Å². The Bertz CT molecular complexity index is 369. The molecule has 1 aromatic rings. The minimum absolute atomic E-state index is 0.310. The Labute approximate surface area is 104 Å². The lowest BCUT2D eigenvalue weighted by molar-refractivity contribution is 0.439. The van der Waals surface area contributed by atoms with Gasteiger partial charge in [-0.1, -0.05) is 19.8 Å². The standard InChI is InChI=1S/C11H17BrN4/c1-7-3-2-4-8(7)5-14-10-9(12)6-15-11(13)16-10/h6-8H,2-5H2,1H3,(H3,13,14,15,16). The second-order valence-corrected chi connectivity index (χ2v) is 5.33. The summed E-state index contributed by atoms with van der Waals surface area (Å²) in [6, 6.07) is 0. The molecule has 1 fully saturated rings. The van der Waals surface area contributed by atoms with E-state index in [-0.39, 0.29) is 0 Å². The molecular formula is C11H17BrN4. The summed E-state index contributed by atoms with van der Waals surface area (Å²) in [6.07, 6.45) is 5.69. The number of halogens is 1. The van der Waals surface area contributed by atoms with Crippen LogP contribution >= 0.6 is 15.9 Å². The molecule has 3 N–H and O–H groups in total. The minimum atomic E-state index is 0.310. The first-order valence-electron chi connectivity index (χ1n) is 5.68. The Kier molecular flexibility index (Phi) is 3.63. The SMILES string of the molecule is CC1CCCC1CNc1nc(N)ncc1Br. The highest BCUT2D eigenvalue weighted by Crippen LogP contribution is 2.31. The van der Waals surface area contributed by atoms with Crippen LogP contribution < -0.4 is 11.1 Å². The first-order chi connectivity index (χ1) is 7.66. The van der Waals surface area contributed by atoms with E-state index in [1.54, 1.807) is 6.20 Å². The fourth-order valence-electron chi connectivity index (χ4n) is 2.26. The number of rotatable bonds is 3. The van der Waals surface area contributed by atoms with E-state index in [9.17, 15) is 0 Å². The van der Waals surface area contributed by atoms with Crippen molar-refractivity contribution in [1.29, 1.82) is 0 Å². The van der Waals surface area contributed by atoms with Crippen molar-refractivity contribution in [3.8, 4) is 0 Å². The molecule has 0 aromatic carbocycles. The second-order valence-electron chi connectivity index (χ2n) is 4.47. The fourth-order valence-corrected chi connectivity index (χ4v) is 2.59. The molecule has 5 heteroatoms. The quantitative estimate of drug-likeness (QED) is 0.896. The summed E-state index contributed by atoms with van der Waals surface area (Å²) in [6.45, 7) is 3.29. The Morgan fingerprint density at radius 2 is 2.38 bits per heavy atom. The molecule has 1 saturated carbocycles. The lowest BCUT2D eigenvalue weighted by Gasteiger charge is -2.16. The molecule has 0 amide bonds. The zero-order valence-corrected chi connectivity index (χ0v) is 11.0. The molecule has 0 saturated heterocycles. The van der Waals surface area contributed by atoms with Gasteiger partial charge in [-0.3, -0.25) is 0 Å². The van der Waals surface area contributed by atoms with E-state index in [0.29, 0.717) is 5.95 Å². The molecule has 1 heterocycles. The number of nitrogens with one attached hydrogen (secondary N) is 1. The van der Waals surface area contributed by atoms with Gasteiger partial charge in [-0.2, -0.15) is 4.98 Å². The van der Waals surface area contributed by atoms with Crippen LogP contribution in [0, 0.1) is 11.8 Å². The predicted octanol–water partition coefficient (Wildman–Crippen LogP) is 2.67. The molecule has 16 heavy (non-hydrogen) atoms. The summed E-state index contributed by atoms with van der Waals surface area (Å²) >= 11 is 3.41. The maximum atomic E-state index is 5.56. The van der Waals surface area contributed by atoms with Gasteiger partial charge in [-0.05, 0) is 34.2 Å². The molecule has 0 spiro atoms. The van der Waals surface area contributed by atoms with Crippen molar-refractivity contribution in [3.05, 3.63) is 10.7 Å². The number of nitrogen functional groups attached to an aromatic ring is 1. The Morgan fingerprint density at radius 3 is 3.06 bits per heavy atom. The number of nitrogens with two attached hydrogens (primary N) is 1. The number of anilines is 2. The number of nitrogens with zero attached hydrogens (tertiary/aromatic N) is 2. The van der Waals surface area contributed by atoms with Crippen molar-refractivity contribution in [3.63, 3.8) is 0 Å². The van der Waals surface area contributed by atoms with Crippen molar-refractivity contribution in [2.45, 2.75) is 26.2 Å². The van der Waals surface area contributed by atoms with Gasteiger partial charge in [0.15, 0.2) is 0 Å². The zero-order chi connectivity index (χ0) is 11.5. The molecular weight excluding hydrogens is 268 g/mol. The van der Waals surface area contributed by atoms with Crippen LogP contribution in [0.2, 0.25) is 0 Å². The normalized spacial score (nSPS) is 24.6. The maximum Gasteiger partial charge on any atom is 0.221 e. The van der Waals surface area contributed by atoms with Crippen molar-refractivity contribution < 1.29 is 0 Å².